The van der Waals surface area contributed by atoms with Gasteiger partial charge in [0.15, 0.2) is 0 Å². The zero-order valence-corrected chi connectivity index (χ0v) is 9.76. The Labute approximate surface area is 95.4 Å². The van der Waals surface area contributed by atoms with Crippen molar-refractivity contribution >= 4 is 5.91 Å². The molecule has 1 aromatic rings. The molecule has 0 bridgehead atoms. The van der Waals surface area contributed by atoms with Crippen molar-refractivity contribution in [3.8, 4) is 0 Å². The number of hydrogen-bond donors (Lipinski definition) is 1. The molecule has 1 amide bonds. The molecule has 5 nitrogen and oxygen atoms in total. The summed E-state index contributed by atoms with van der Waals surface area (Å²) in [6, 6.07) is 2.01. The second-order valence-electron chi connectivity index (χ2n) is 4.30. The van der Waals surface area contributed by atoms with E-state index in [9.17, 15) is 4.79 Å². The molecule has 1 aliphatic rings. The molecule has 16 heavy (non-hydrogen) atoms. The minimum atomic E-state index is -0.208. The summed E-state index contributed by atoms with van der Waals surface area (Å²) in [5.41, 5.74) is 0. The first-order valence-corrected chi connectivity index (χ1v) is 5.70. The van der Waals surface area contributed by atoms with Gasteiger partial charge >= 0.3 is 0 Å². The number of rotatable bonds is 2. The van der Waals surface area contributed by atoms with Crippen LogP contribution in [0.1, 0.15) is 19.9 Å². The van der Waals surface area contributed by atoms with Gasteiger partial charge in [0.05, 0.1) is 0 Å². The minimum absolute atomic E-state index is 0.150. The van der Waals surface area contributed by atoms with Gasteiger partial charge < -0.3 is 10.2 Å². The second kappa shape index (κ2) is 4.65. The summed E-state index contributed by atoms with van der Waals surface area (Å²) in [4.78, 5) is 14.1. The van der Waals surface area contributed by atoms with Crippen molar-refractivity contribution < 1.29 is 4.79 Å². The van der Waals surface area contributed by atoms with Gasteiger partial charge in [0, 0.05) is 38.1 Å². The Bertz CT molecular complexity index is 349. The number of aromatic nitrogens is 2. The van der Waals surface area contributed by atoms with Gasteiger partial charge in [-0.2, -0.15) is 5.10 Å². The van der Waals surface area contributed by atoms with Crippen LogP contribution in [0.25, 0.3) is 0 Å². The number of carbonyl (C=O) groups is 1. The Hall–Kier alpha value is -1.36. The summed E-state index contributed by atoms with van der Waals surface area (Å²) >= 11 is 0. The molecule has 0 radical (unpaired) electrons. The van der Waals surface area contributed by atoms with Gasteiger partial charge in [0.25, 0.3) is 0 Å². The molecule has 88 valence electrons. The van der Waals surface area contributed by atoms with E-state index < -0.39 is 0 Å². The summed E-state index contributed by atoms with van der Waals surface area (Å²) in [7, 11) is 0. The average Bonchev–Trinajstić information content (AvgIpc) is 2.80. The molecule has 0 aromatic carbocycles. The summed E-state index contributed by atoms with van der Waals surface area (Å²) in [5, 5.41) is 7.43. The van der Waals surface area contributed by atoms with Crippen molar-refractivity contribution in [1.29, 1.82) is 0 Å². The average molecular weight is 222 g/mol. The maximum atomic E-state index is 12.2. The second-order valence-corrected chi connectivity index (χ2v) is 4.30. The van der Waals surface area contributed by atoms with Crippen LogP contribution in [0.15, 0.2) is 18.5 Å². The Balaban J connectivity index is 2.01. The van der Waals surface area contributed by atoms with Crippen LogP contribution in [0.3, 0.4) is 0 Å². The molecule has 1 aromatic heterocycles. The quantitative estimate of drug-likeness (QED) is 0.781. The highest BCUT2D eigenvalue weighted by molar-refractivity contribution is 5.80. The number of hydrogen-bond acceptors (Lipinski definition) is 3. The van der Waals surface area contributed by atoms with Crippen LogP contribution >= 0.6 is 0 Å². The molecule has 1 N–H and O–H groups in total. The van der Waals surface area contributed by atoms with Gasteiger partial charge in [-0.05, 0) is 19.9 Å². The predicted molar refractivity (Wildman–Crippen MR) is 61.0 cm³/mol. The monoisotopic (exact) mass is 222 g/mol. The van der Waals surface area contributed by atoms with Crippen molar-refractivity contribution in [1.82, 2.24) is 20.0 Å². The van der Waals surface area contributed by atoms with Gasteiger partial charge in [-0.25, -0.2) is 0 Å². The third-order valence-corrected chi connectivity index (χ3v) is 2.96. The fourth-order valence-corrected chi connectivity index (χ4v) is 2.02. The number of piperazine rings is 1. The van der Waals surface area contributed by atoms with Crippen LogP contribution in [0, 0.1) is 0 Å². The highest BCUT2D eigenvalue weighted by Crippen LogP contribution is 2.10. The first kappa shape index (κ1) is 11.1. The number of nitrogens with one attached hydrogen (secondary N) is 1. The molecule has 2 atom stereocenters. The van der Waals surface area contributed by atoms with E-state index in [2.05, 4.69) is 17.3 Å². The van der Waals surface area contributed by atoms with Crippen molar-refractivity contribution in [3.63, 3.8) is 0 Å². The Morgan fingerprint density at radius 3 is 3.06 bits per heavy atom. The standard InChI is InChI=1S/C11H18N4O/c1-9-8-14(7-5-12-9)11(16)10(2)15-6-3-4-13-15/h3-4,6,9-10,12H,5,7-8H2,1-2H3. The molecule has 0 spiro atoms. The molecule has 0 saturated carbocycles. The minimum Gasteiger partial charge on any atom is -0.338 e. The van der Waals surface area contributed by atoms with Gasteiger partial charge in [-0.1, -0.05) is 0 Å². The lowest BCUT2D eigenvalue weighted by molar-refractivity contribution is -0.135. The first-order chi connectivity index (χ1) is 7.68. The lowest BCUT2D eigenvalue weighted by Crippen LogP contribution is -2.52. The fraction of sp³-hybridized carbons (Fsp3) is 0.636. The predicted octanol–water partition coefficient (Wildman–Crippen LogP) is 0.264. The van der Waals surface area contributed by atoms with Crippen LogP contribution in [0.5, 0.6) is 0 Å². The van der Waals surface area contributed by atoms with Crippen LogP contribution < -0.4 is 5.32 Å². The fourth-order valence-electron chi connectivity index (χ4n) is 2.02. The summed E-state index contributed by atoms with van der Waals surface area (Å²) in [6.07, 6.45) is 3.53. The van der Waals surface area contributed by atoms with E-state index in [1.54, 1.807) is 10.9 Å². The van der Waals surface area contributed by atoms with E-state index >= 15 is 0 Å². The summed E-state index contributed by atoms with van der Waals surface area (Å²) in [5.74, 6) is 0.150. The van der Waals surface area contributed by atoms with Crippen LogP contribution in [0.4, 0.5) is 0 Å². The molecule has 1 fully saturated rings. The Kier molecular flexibility index (Phi) is 3.24. The number of carbonyl (C=O) groups excluding carboxylic acids is 1. The summed E-state index contributed by atoms with van der Waals surface area (Å²) < 4.78 is 1.70. The van der Waals surface area contributed by atoms with E-state index in [1.807, 2.05) is 24.1 Å². The maximum Gasteiger partial charge on any atom is 0.247 e. The lowest BCUT2D eigenvalue weighted by Gasteiger charge is -2.33. The third kappa shape index (κ3) is 2.24. The van der Waals surface area contributed by atoms with E-state index in [0.29, 0.717) is 6.04 Å². The Morgan fingerprint density at radius 1 is 1.62 bits per heavy atom. The highest BCUT2D eigenvalue weighted by atomic mass is 16.2. The highest BCUT2D eigenvalue weighted by Gasteiger charge is 2.25. The van der Waals surface area contributed by atoms with E-state index in [1.165, 1.54) is 0 Å². The molecule has 0 aliphatic carbocycles. The molecule has 5 heteroatoms. The zero-order chi connectivity index (χ0) is 11.5. The van der Waals surface area contributed by atoms with Crippen molar-refractivity contribution in [2.45, 2.75) is 25.9 Å². The molecular weight excluding hydrogens is 204 g/mol. The molecule has 2 rings (SSSR count). The topological polar surface area (TPSA) is 50.2 Å². The van der Waals surface area contributed by atoms with Crippen LogP contribution in [-0.4, -0.2) is 46.3 Å². The molecule has 2 unspecified atom stereocenters. The van der Waals surface area contributed by atoms with E-state index in [0.717, 1.165) is 19.6 Å². The van der Waals surface area contributed by atoms with Gasteiger partial charge in [0.2, 0.25) is 5.91 Å². The third-order valence-electron chi connectivity index (χ3n) is 2.96. The van der Waals surface area contributed by atoms with E-state index in [-0.39, 0.29) is 11.9 Å². The molecule has 2 heterocycles. The van der Waals surface area contributed by atoms with Gasteiger partial charge in [-0.3, -0.25) is 9.48 Å². The molecule has 1 aliphatic heterocycles. The summed E-state index contributed by atoms with van der Waals surface area (Å²) in [6.45, 7) is 6.43. The normalized spacial score (nSPS) is 23.1. The van der Waals surface area contributed by atoms with Crippen molar-refractivity contribution in [3.05, 3.63) is 18.5 Å². The smallest absolute Gasteiger partial charge is 0.247 e. The van der Waals surface area contributed by atoms with Gasteiger partial charge in [0.1, 0.15) is 6.04 Å². The van der Waals surface area contributed by atoms with Crippen molar-refractivity contribution in [2.75, 3.05) is 19.6 Å². The lowest BCUT2D eigenvalue weighted by atomic mass is 10.2. The Morgan fingerprint density at radius 2 is 2.44 bits per heavy atom. The number of nitrogens with zero attached hydrogens (tertiary/aromatic N) is 3. The van der Waals surface area contributed by atoms with Crippen LogP contribution in [0.2, 0.25) is 0 Å². The first-order valence-electron chi connectivity index (χ1n) is 5.70. The van der Waals surface area contributed by atoms with Crippen molar-refractivity contribution in [2.24, 2.45) is 0 Å². The number of amides is 1. The SMILES string of the molecule is CC1CN(C(=O)C(C)n2cccn2)CCN1. The molecule has 1 saturated heterocycles. The van der Waals surface area contributed by atoms with Crippen LogP contribution in [-0.2, 0) is 4.79 Å². The van der Waals surface area contributed by atoms with Gasteiger partial charge in [-0.15, -0.1) is 0 Å². The maximum absolute atomic E-state index is 12.2. The van der Waals surface area contributed by atoms with E-state index in [4.69, 9.17) is 0 Å². The largest absolute Gasteiger partial charge is 0.338 e. The molecular formula is C11H18N4O. The zero-order valence-electron chi connectivity index (χ0n) is 9.76.